The lowest BCUT2D eigenvalue weighted by molar-refractivity contribution is 0.232. The maximum absolute atomic E-state index is 8.37. The van der Waals surface area contributed by atoms with E-state index in [1.807, 2.05) is 0 Å². The van der Waals surface area contributed by atoms with Gasteiger partial charge in [0.25, 0.3) is 0 Å². The van der Waals surface area contributed by atoms with Crippen LogP contribution in [0.15, 0.2) is 28.4 Å². The number of hydrogen-bond donors (Lipinski definition) is 3. The van der Waals surface area contributed by atoms with Gasteiger partial charge in [-0.25, -0.2) is 5.48 Å². The number of ether oxygens (including phenoxy) is 2. The quantitative estimate of drug-likeness (QED) is 0.398. The van der Waals surface area contributed by atoms with Crippen LogP contribution in [0.4, 0.5) is 0 Å². The summed E-state index contributed by atoms with van der Waals surface area (Å²) in [6.45, 7) is 0. The molecule has 1 aromatic rings. The fraction of sp³-hybridized carbons (Fsp3) is 0.200. The van der Waals surface area contributed by atoms with E-state index in [0.717, 1.165) is 5.56 Å². The third kappa shape index (κ3) is 3.65. The van der Waals surface area contributed by atoms with Gasteiger partial charge in [-0.1, -0.05) is 0 Å². The molecule has 7 nitrogen and oxygen atoms in total. The SMILES string of the molecule is COc1ccc(/C=N/N=C(N)NO)cc1OC. The Kier molecular flexibility index (Phi) is 4.77. The molecule has 0 aromatic heterocycles. The lowest BCUT2D eigenvalue weighted by Crippen LogP contribution is -2.27. The number of nitrogens with one attached hydrogen (secondary N) is 1. The third-order valence-corrected chi connectivity index (χ3v) is 1.89. The van der Waals surface area contributed by atoms with Crippen molar-refractivity contribution in [3.8, 4) is 11.5 Å². The summed E-state index contributed by atoms with van der Waals surface area (Å²) in [5, 5.41) is 15.5. The van der Waals surface area contributed by atoms with E-state index in [1.165, 1.54) is 6.21 Å². The van der Waals surface area contributed by atoms with E-state index in [4.69, 9.17) is 20.4 Å². The molecule has 7 heteroatoms. The Morgan fingerprint density at radius 3 is 2.65 bits per heavy atom. The molecule has 0 aliphatic heterocycles. The van der Waals surface area contributed by atoms with E-state index in [-0.39, 0.29) is 5.96 Å². The number of methoxy groups -OCH3 is 2. The Bertz CT molecular complexity index is 432. The molecule has 1 rings (SSSR count). The van der Waals surface area contributed by atoms with E-state index in [9.17, 15) is 0 Å². The van der Waals surface area contributed by atoms with E-state index >= 15 is 0 Å². The Hall–Kier alpha value is -2.28. The largest absolute Gasteiger partial charge is 0.493 e. The highest BCUT2D eigenvalue weighted by atomic mass is 16.5. The van der Waals surface area contributed by atoms with Gasteiger partial charge in [-0.3, -0.25) is 5.21 Å². The highest BCUT2D eigenvalue weighted by molar-refractivity contribution is 5.82. The number of hydrogen-bond acceptors (Lipinski definition) is 5. The van der Waals surface area contributed by atoms with Crippen LogP contribution in [0.25, 0.3) is 0 Å². The van der Waals surface area contributed by atoms with Gasteiger partial charge >= 0.3 is 0 Å². The lowest BCUT2D eigenvalue weighted by atomic mass is 10.2. The molecule has 17 heavy (non-hydrogen) atoms. The number of rotatable bonds is 4. The highest BCUT2D eigenvalue weighted by Gasteiger charge is 2.02. The van der Waals surface area contributed by atoms with E-state index in [0.29, 0.717) is 11.5 Å². The van der Waals surface area contributed by atoms with Crippen molar-refractivity contribution in [3.63, 3.8) is 0 Å². The van der Waals surface area contributed by atoms with Gasteiger partial charge in [-0.2, -0.15) is 5.10 Å². The predicted octanol–water partition coefficient (Wildman–Crippen LogP) is 0.331. The second-order valence-electron chi connectivity index (χ2n) is 2.96. The summed E-state index contributed by atoms with van der Waals surface area (Å²) in [5.41, 5.74) is 7.59. The van der Waals surface area contributed by atoms with Crippen molar-refractivity contribution in [2.75, 3.05) is 14.2 Å². The number of guanidine groups is 1. The summed E-state index contributed by atoms with van der Waals surface area (Å²) < 4.78 is 10.2. The molecule has 4 N–H and O–H groups in total. The van der Waals surface area contributed by atoms with Crippen LogP contribution in [0.2, 0.25) is 0 Å². The van der Waals surface area contributed by atoms with Crippen molar-refractivity contribution in [2.24, 2.45) is 15.9 Å². The maximum atomic E-state index is 8.37. The fourth-order valence-corrected chi connectivity index (χ4v) is 1.11. The summed E-state index contributed by atoms with van der Waals surface area (Å²) in [4.78, 5) is 0. The van der Waals surface area contributed by atoms with Gasteiger partial charge < -0.3 is 15.2 Å². The molecule has 0 aliphatic carbocycles. The Labute approximate surface area is 98.5 Å². The van der Waals surface area contributed by atoms with Crippen molar-refractivity contribution in [3.05, 3.63) is 23.8 Å². The molecule has 0 heterocycles. The minimum atomic E-state index is -0.193. The molecular weight excluding hydrogens is 224 g/mol. The van der Waals surface area contributed by atoms with Crippen molar-refractivity contribution < 1.29 is 14.7 Å². The van der Waals surface area contributed by atoms with Crippen molar-refractivity contribution in [1.29, 1.82) is 0 Å². The van der Waals surface area contributed by atoms with Crippen molar-refractivity contribution >= 4 is 12.2 Å². The van der Waals surface area contributed by atoms with Gasteiger partial charge in [0.15, 0.2) is 11.5 Å². The fourth-order valence-electron chi connectivity index (χ4n) is 1.11. The smallest absolute Gasteiger partial charge is 0.237 e. The van der Waals surface area contributed by atoms with Crippen LogP contribution in [0.5, 0.6) is 11.5 Å². The maximum Gasteiger partial charge on any atom is 0.237 e. The number of benzene rings is 1. The summed E-state index contributed by atoms with van der Waals surface area (Å²) in [6.07, 6.45) is 1.46. The zero-order valence-corrected chi connectivity index (χ0v) is 9.54. The van der Waals surface area contributed by atoms with Crippen molar-refractivity contribution in [1.82, 2.24) is 5.48 Å². The first-order valence-corrected chi connectivity index (χ1v) is 4.70. The first-order valence-electron chi connectivity index (χ1n) is 4.70. The molecule has 0 saturated carbocycles. The number of nitrogens with two attached hydrogens (primary N) is 1. The molecule has 0 saturated heterocycles. The molecule has 0 amide bonds. The monoisotopic (exact) mass is 238 g/mol. The second-order valence-corrected chi connectivity index (χ2v) is 2.96. The third-order valence-electron chi connectivity index (χ3n) is 1.89. The van der Waals surface area contributed by atoms with Gasteiger partial charge in [0, 0.05) is 0 Å². The average Bonchev–Trinajstić information content (AvgIpc) is 2.38. The van der Waals surface area contributed by atoms with Gasteiger partial charge in [-0.05, 0) is 23.8 Å². The van der Waals surface area contributed by atoms with Crippen LogP contribution in [0.1, 0.15) is 5.56 Å². The van der Waals surface area contributed by atoms with Gasteiger partial charge in [0.05, 0.1) is 20.4 Å². The van der Waals surface area contributed by atoms with E-state index in [1.54, 1.807) is 37.9 Å². The Morgan fingerprint density at radius 2 is 2.06 bits per heavy atom. The van der Waals surface area contributed by atoms with Crippen LogP contribution >= 0.6 is 0 Å². The van der Waals surface area contributed by atoms with Gasteiger partial charge in [0.1, 0.15) is 0 Å². The van der Waals surface area contributed by atoms with E-state index < -0.39 is 0 Å². The second kappa shape index (κ2) is 6.33. The van der Waals surface area contributed by atoms with Gasteiger partial charge in [0.2, 0.25) is 5.96 Å². The minimum absolute atomic E-state index is 0.193. The molecule has 0 unspecified atom stereocenters. The van der Waals surface area contributed by atoms with Crippen LogP contribution in [-0.4, -0.2) is 31.6 Å². The Balaban J connectivity index is 2.86. The van der Waals surface area contributed by atoms with Gasteiger partial charge in [-0.15, -0.1) is 5.10 Å². The number of nitrogens with zero attached hydrogens (tertiary/aromatic N) is 2. The summed E-state index contributed by atoms with van der Waals surface area (Å²) in [5.74, 6) is 1.03. The topological polar surface area (TPSA) is 101 Å². The summed E-state index contributed by atoms with van der Waals surface area (Å²) >= 11 is 0. The predicted molar refractivity (Wildman–Crippen MR) is 63.7 cm³/mol. The first-order chi connectivity index (χ1) is 8.21. The first kappa shape index (κ1) is 12.8. The molecule has 0 radical (unpaired) electrons. The average molecular weight is 238 g/mol. The minimum Gasteiger partial charge on any atom is -0.493 e. The zero-order chi connectivity index (χ0) is 12.7. The summed E-state index contributed by atoms with van der Waals surface area (Å²) in [7, 11) is 3.11. The van der Waals surface area contributed by atoms with Crippen LogP contribution < -0.4 is 20.7 Å². The molecule has 0 fully saturated rings. The molecule has 0 aliphatic rings. The van der Waals surface area contributed by atoms with Crippen LogP contribution in [0.3, 0.4) is 0 Å². The molecule has 0 atom stereocenters. The molecule has 0 bridgehead atoms. The molecule has 1 aromatic carbocycles. The van der Waals surface area contributed by atoms with Crippen LogP contribution in [-0.2, 0) is 0 Å². The summed E-state index contributed by atoms with van der Waals surface area (Å²) in [6, 6.07) is 5.26. The van der Waals surface area contributed by atoms with Crippen molar-refractivity contribution in [2.45, 2.75) is 0 Å². The zero-order valence-electron chi connectivity index (χ0n) is 9.54. The normalized spacial score (nSPS) is 11.6. The molecular formula is C10H14N4O3. The number of hydroxylamine groups is 1. The standard InChI is InChI=1S/C10H14N4O3/c1-16-8-4-3-7(5-9(8)17-2)6-12-13-10(11)14-15/h3-6,15H,1-2H3,(H3,11,13,14)/b12-6+. The Morgan fingerprint density at radius 1 is 1.35 bits per heavy atom. The van der Waals surface area contributed by atoms with E-state index in [2.05, 4.69) is 10.2 Å². The molecule has 0 spiro atoms. The lowest BCUT2D eigenvalue weighted by Gasteiger charge is -2.07. The highest BCUT2D eigenvalue weighted by Crippen LogP contribution is 2.26. The molecule has 92 valence electrons. The van der Waals surface area contributed by atoms with Crippen LogP contribution in [0, 0.1) is 0 Å².